The summed E-state index contributed by atoms with van der Waals surface area (Å²) in [5.74, 6) is 2.06. The third-order valence-corrected chi connectivity index (χ3v) is 10.6. The maximum Gasteiger partial charge on any atom is 0.221 e. The highest BCUT2D eigenvalue weighted by atomic mass is 15.3. The molecule has 1 aliphatic heterocycles. The van der Waals surface area contributed by atoms with Crippen LogP contribution in [0.5, 0.6) is 0 Å². The van der Waals surface area contributed by atoms with Gasteiger partial charge in [0, 0.05) is 41.6 Å². The zero-order valence-corrected chi connectivity index (χ0v) is 28.7. The zero-order chi connectivity index (χ0) is 33.6. The van der Waals surface area contributed by atoms with E-state index in [0.717, 1.165) is 68.8 Å². The number of hydrogen-bond donors (Lipinski definition) is 0. The molecule has 3 heterocycles. The van der Waals surface area contributed by atoms with Crippen molar-refractivity contribution in [3.63, 3.8) is 0 Å². The summed E-state index contributed by atoms with van der Waals surface area (Å²) >= 11 is 0. The van der Waals surface area contributed by atoms with Gasteiger partial charge in [0.1, 0.15) is 11.5 Å². The normalized spacial score (nSPS) is 15.2. The molecule has 5 aromatic carbocycles. The molecule has 0 saturated heterocycles. The van der Waals surface area contributed by atoms with Crippen LogP contribution in [0.2, 0.25) is 0 Å². The van der Waals surface area contributed by atoms with Gasteiger partial charge in [-0.2, -0.15) is 0 Å². The molecule has 49 heavy (non-hydrogen) atoms. The number of aromatic nitrogens is 3. The Bertz CT molecular complexity index is 2510. The minimum absolute atomic E-state index is 0.109. The van der Waals surface area contributed by atoms with Crippen LogP contribution >= 0.6 is 0 Å². The number of nitrogens with zero attached hydrogens (tertiary/aromatic N) is 5. The molecule has 0 bridgehead atoms. The first kappa shape index (κ1) is 29.3. The van der Waals surface area contributed by atoms with Crippen LogP contribution < -0.4 is 9.80 Å². The van der Waals surface area contributed by atoms with E-state index in [9.17, 15) is 0 Å². The smallest absolute Gasteiger partial charge is 0.221 e. The molecule has 0 N–H and O–H groups in total. The highest BCUT2D eigenvalue weighted by Crippen LogP contribution is 2.54. The van der Waals surface area contributed by atoms with Crippen LogP contribution in [0.25, 0.3) is 44.8 Å². The van der Waals surface area contributed by atoms with Crippen molar-refractivity contribution in [2.24, 2.45) is 0 Å². The average molecular weight is 638 g/mol. The van der Waals surface area contributed by atoms with Crippen molar-refractivity contribution in [2.75, 3.05) is 23.4 Å². The quantitative estimate of drug-likeness (QED) is 0.188. The van der Waals surface area contributed by atoms with Gasteiger partial charge in [-0.25, -0.2) is 4.98 Å². The van der Waals surface area contributed by atoms with Crippen LogP contribution in [-0.4, -0.2) is 27.5 Å². The molecule has 1 aliphatic carbocycles. The number of rotatable bonds is 5. The predicted octanol–water partition coefficient (Wildman–Crippen LogP) is 10.9. The second kappa shape index (κ2) is 10.6. The summed E-state index contributed by atoms with van der Waals surface area (Å²) in [6.07, 6.45) is 2.19. The monoisotopic (exact) mass is 637 g/mol. The zero-order valence-electron chi connectivity index (χ0n) is 28.7. The number of allylic oxidation sites excluding steroid dienone is 2. The van der Waals surface area contributed by atoms with Gasteiger partial charge in [0.2, 0.25) is 5.78 Å². The van der Waals surface area contributed by atoms with E-state index in [1.807, 2.05) is 0 Å². The maximum atomic E-state index is 5.31. The first-order valence-electron chi connectivity index (χ1n) is 17.1. The lowest BCUT2D eigenvalue weighted by Gasteiger charge is -2.29. The molecule has 0 unspecified atom stereocenters. The molecule has 0 radical (unpaired) electrons. The molecule has 2 aromatic heterocycles. The minimum atomic E-state index is -0.109. The summed E-state index contributed by atoms with van der Waals surface area (Å²) in [7, 11) is 2.16. The van der Waals surface area contributed by atoms with E-state index < -0.39 is 0 Å². The minimum Gasteiger partial charge on any atom is -0.354 e. The highest BCUT2D eigenvalue weighted by Gasteiger charge is 2.38. The standard InChI is InChI=1S/C44H39N5/c1-7-29-27-46(6)42-41(29)45-43-48(31-16-9-8-10-17-31)39-26-33(23-24-37(39)49(42)43)47(32-18-13-15-30(25-32)28(2)3)38-22-14-21-36-40(38)34-19-11-12-20-35(34)44(36,4)5/h7-26H,2,27H2,1,3-6H3/b29-7+. The first-order chi connectivity index (χ1) is 23.8. The second-order valence-electron chi connectivity index (χ2n) is 14.0. The van der Waals surface area contributed by atoms with Gasteiger partial charge in [0.05, 0.1) is 16.7 Å². The van der Waals surface area contributed by atoms with Crippen LogP contribution in [0.1, 0.15) is 50.1 Å². The van der Waals surface area contributed by atoms with Crippen molar-refractivity contribution in [1.29, 1.82) is 0 Å². The highest BCUT2D eigenvalue weighted by molar-refractivity contribution is 5.98. The lowest BCUT2D eigenvalue weighted by Crippen LogP contribution is -2.16. The van der Waals surface area contributed by atoms with Gasteiger partial charge in [-0.1, -0.05) is 98.8 Å². The van der Waals surface area contributed by atoms with Gasteiger partial charge in [0.15, 0.2) is 0 Å². The Kier molecular flexibility index (Phi) is 6.34. The number of hydrogen-bond acceptors (Lipinski definition) is 3. The summed E-state index contributed by atoms with van der Waals surface area (Å²) in [6.45, 7) is 14.0. The Balaban J connectivity index is 1.36. The fourth-order valence-corrected chi connectivity index (χ4v) is 8.19. The fourth-order valence-electron chi connectivity index (χ4n) is 8.19. The summed E-state index contributed by atoms with van der Waals surface area (Å²) in [5, 5.41) is 0. The fraction of sp³-hybridized carbons (Fsp3) is 0.159. The van der Waals surface area contributed by atoms with Crippen molar-refractivity contribution in [1.82, 2.24) is 14.0 Å². The van der Waals surface area contributed by atoms with Crippen LogP contribution in [0, 0.1) is 0 Å². The Morgan fingerprint density at radius 3 is 2.35 bits per heavy atom. The molecule has 0 saturated carbocycles. The molecule has 7 aromatic rings. The average Bonchev–Trinajstić information content (AvgIpc) is 3.81. The number of fused-ring (bicyclic) bond motifs is 8. The van der Waals surface area contributed by atoms with Crippen molar-refractivity contribution >= 4 is 50.8 Å². The molecule has 240 valence electrons. The topological polar surface area (TPSA) is 28.7 Å². The number of anilines is 4. The van der Waals surface area contributed by atoms with E-state index in [2.05, 4.69) is 181 Å². The molecule has 2 aliphatic rings. The molecule has 5 nitrogen and oxygen atoms in total. The summed E-state index contributed by atoms with van der Waals surface area (Å²) in [6, 6.07) is 42.0. The van der Waals surface area contributed by atoms with Crippen LogP contribution in [-0.2, 0) is 5.41 Å². The molecule has 0 amide bonds. The van der Waals surface area contributed by atoms with Gasteiger partial charge < -0.3 is 9.80 Å². The van der Waals surface area contributed by atoms with E-state index in [4.69, 9.17) is 4.98 Å². The lowest BCUT2D eigenvalue weighted by molar-refractivity contribution is 0.660. The Morgan fingerprint density at radius 1 is 0.816 bits per heavy atom. The Labute approximate surface area is 287 Å². The Morgan fingerprint density at radius 2 is 1.55 bits per heavy atom. The first-order valence-corrected chi connectivity index (χ1v) is 17.1. The van der Waals surface area contributed by atoms with Gasteiger partial charge >= 0.3 is 0 Å². The van der Waals surface area contributed by atoms with Crippen LogP contribution in [0.4, 0.5) is 22.9 Å². The molecule has 0 spiro atoms. The molecular formula is C44H39N5. The van der Waals surface area contributed by atoms with Crippen LogP contribution in [0.3, 0.4) is 0 Å². The molecule has 0 atom stereocenters. The van der Waals surface area contributed by atoms with Gasteiger partial charge in [0.25, 0.3) is 0 Å². The van der Waals surface area contributed by atoms with Gasteiger partial charge in [-0.05, 0) is 90.2 Å². The molecule has 5 heteroatoms. The second-order valence-corrected chi connectivity index (χ2v) is 14.0. The van der Waals surface area contributed by atoms with Gasteiger partial charge in [-0.3, -0.25) is 8.97 Å². The van der Waals surface area contributed by atoms with Crippen molar-refractivity contribution in [3.8, 4) is 16.8 Å². The maximum absolute atomic E-state index is 5.31. The van der Waals surface area contributed by atoms with E-state index in [1.165, 1.54) is 27.8 Å². The van der Waals surface area contributed by atoms with E-state index in [0.29, 0.717) is 0 Å². The van der Waals surface area contributed by atoms with Crippen molar-refractivity contribution in [2.45, 2.75) is 33.1 Å². The molecular weight excluding hydrogens is 599 g/mol. The number of benzene rings is 5. The largest absolute Gasteiger partial charge is 0.354 e. The SMILES string of the molecule is C=C(C)c1cccc(N(c2ccc3c(c2)n(-c2ccccc2)c2nc4c(n32)N(C)C/C4=C\C)c2cccc3c2-c2ccccc2C3(C)C)c1. The van der Waals surface area contributed by atoms with Crippen molar-refractivity contribution in [3.05, 3.63) is 150 Å². The lowest BCUT2D eigenvalue weighted by atomic mass is 9.82. The summed E-state index contributed by atoms with van der Waals surface area (Å²) < 4.78 is 4.65. The van der Waals surface area contributed by atoms with Crippen LogP contribution in [0.15, 0.2) is 128 Å². The molecule has 0 fully saturated rings. The molecule has 9 rings (SSSR count). The third kappa shape index (κ3) is 4.15. The number of likely N-dealkylation sites (N-methyl/N-ethyl adjacent to an activating group) is 1. The van der Waals surface area contributed by atoms with E-state index in [-0.39, 0.29) is 5.41 Å². The summed E-state index contributed by atoms with van der Waals surface area (Å²) in [5.41, 5.74) is 16.3. The Hall–Kier alpha value is -5.81. The number of imidazole rings is 2. The summed E-state index contributed by atoms with van der Waals surface area (Å²) in [4.78, 5) is 10.1. The van der Waals surface area contributed by atoms with Crippen molar-refractivity contribution < 1.29 is 0 Å². The third-order valence-electron chi connectivity index (χ3n) is 10.6. The van der Waals surface area contributed by atoms with E-state index in [1.54, 1.807) is 0 Å². The number of para-hydroxylation sites is 1. The van der Waals surface area contributed by atoms with Gasteiger partial charge in [-0.15, -0.1) is 0 Å². The predicted molar refractivity (Wildman–Crippen MR) is 206 cm³/mol. The van der Waals surface area contributed by atoms with E-state index >= 15 is 0 Å².